The van der Waals surface area contributed by atoms with Crippen LogP contribution in [0.4, 0.5) is 5.69 Å². The largest absolute Gasteiger partial charge is 0.270 e. The second-order valence-electron chi connectivity index (χ2n) is 5.46. The molecule has 138 valence electrons. The molecular formula is C17H13Cl2N5O2S. The number of hydrogen-bond acceptors (Lipinski definition) is 6. The van der Waals surface area contributed by atoms with Crippen molar-refractivity contribution < 1.29 is 4.92 Å². The molecule has 0 amide bonds. The SMILES string of the molecule is Cc1nnc(SCc2ccc(Cl)cc2Cl)n1/N=C/c1cccc([N+](=O)[O-])c1. The standard InChI is InChI=1S/C17H13Cl2N5O2S/c1-11-21-22-17(27-10-13-5-6-14(18)8-16(13)19)23(11)20-9-12-3-2-4-15(7-12)24(25)26/h2-9H,10H2,1H3/b20-9+. The monoisotopic (exact) mass is 421 g/mol. The zero-order valence-electron chi connectivity index (χ0n) is 14.0. The van der Waals surface area contributed by atoms with E-state index in [0.29, 0.717) is 32.3 Å². The molecule has 27 heavy (non-hydrogen) atoms. The van der Waals surface area contributed by atoms with E-state index in [1.54, 1.807) is 35.9 Å². The summed E-state index contributed by atoms with van der Waals surface area (Å²) >= 11 is 13.5. The van der Waals surface area contributed by atoms with E-state index in [1.165, 1.54) is 30.1 Å². The molecule has 0 fully saturated rings. The maximum absolute atomic E-state index is 10.9. The second-order valence-corrected chi connectivity index (χ2v) is 7.25. The fraction of sp³-hybridized carbons (Fsp3) is 0.118. The van der Waals surface area contributed by atoms with Gasteiger partial charge in [-0.1, -0.05) is 53.2 Å². The number of nitro groups is 1. The van der Waals surface area contributed by atoms with Gasteiger partial charge in [-0.25, -0.2) is 0 Å². The number of nitro benzene ring substituents is 1. The number of nitrogens with zero attached hydrogens (tertiary/aromatic N) is 5. The van der Waals surface area contributed by atoms with Gasteiger partial charge < -0.3 is 0 Å². The Balaban J connectivity index is 1.78. The Morgan fingerprint density at radius 2 is 2.07 bits per heavy atom. The van der Waals surface area contributed by atoms with Gasteiger partial charge in [0.2, 0.25) is 5.16 Å². The van der Waals surface area contributed by atoms with Crippen molar-refractivity contribution in [1.82, 2.24) is 14.9 Å². The van der Waals surface area contributed by atoms with Crippen molar-refractivity contribution in [3.8, 4) is 0 Å². The molecule has 0 aliphatic carbocycles. The molecule has 7 nitrogen and oxygen atoms in total. The highest BCUT2D eigenvalue weighted by molar-refractivity contribution is 7.98. The van der Waals surface area contributed by atoms with Crippen molar-refractivity contribution in [2.24, 2.45) is 5.10 Å². The van der Waals surface area contributed by atoms with Gasteiger partial charge in [-0.2, -0.15) is 9.78 Å². The molecule has 10 heteroatoms. The van der Waals surface area contributed by atoms with Crippen molar-refractivity contribution in [2.45, 2.75) is 17.8 Å². The van der Waals surface area contributed by atoms with Crippen LogP contribution in [-0.4, -0.2) is 26.0 Å². The predicted octanol–water partition coefficient (Wildman–Crippen LogP) is 4.98. The lowest BCUT2D eigenvalue weighted by Crippen LogP contribution is -1.97. The Hall–Kier alpha value is -2.42. The summed E-state index contributed by atoms with van der Waals surface area (Å²) in [5.41, 5.74) is 1.53. The molecule has 0 atom stereocenters. The molecule has 2 aromatic carbocycles. The third-order valence-corrected chi connectivity index (χ3v) is 5.10. The third kappa shape index (κ3) is 4.85. The molecule has 0 aliphatic rings. The minimum absolute atomic E-state index is 0.00593. The minimum Gasteiger partial charge on any atom is -0.258 e. The molecule has 1 aromatic heterocycles. The second kappa shape index (κ2) is 8.51. The fourth-order valence-corrected chi connectivity index (χ4v) is 3.68. The van der Waals surface area contributed by atoms with Gasteiger partial charge in [-0.05, 0) is 24.6 Å². The zero-order valence-corrected chi connectivity index (χ0v) is 16.4. The first-order valence-electron chi connectivity index (χ1n) is 7.71. The van der Waals surface area contributed by atoms with E-state index in [-0.39, 0.29) is 5.69 Å². The average molecular weight is 422 g/mol. The Bertz CT molecular complexity index is 1020. The Kier molecular flexibility index (Phi) is 6.10. The van der Waals surface area contributed by atoms with Gasteiger partial charge in [0.25, 0.3) is 5.69 Å². The van der Waals surface area contributed by atoms with E-state index in [0.717, 1.165) is 5.56 Å². The number of hydrogen-bond donors (Lipinski definition) is 0. The lowest BCUT2D eigenvalue weighted by atomic mass is 10.2. The molecule has 1 heterocycles. The van der Waals surface area contributed by atoms with Crippen LogP contribution in [0.3, 0.4) is 0 Å². The van der Waals surface area contributed by atoms with Gasteiger partial charge in [-0.3, -0.25) is 10.1 Å². The van der Waals surface area contributed by atoms with Gasteiger partial charge in [0.1, 0.15) is 0 Å². The normalized spacial score (nSPS) is 11.2. The summed E-state index contributed by atoms with van der Waals surface area (Å²) in [5, 5.41) is 25.1. The zero-order chi connectivity index (χ0) is 19.4. The smallest absolute Gasteiger partial charge is 0.258 e. The third-order valence-electron chi connectivity index (χ3n) is 3.54. The number of aryl methyl sites for hydroxylation is 1. The molecule has 0 saturated carbocycles. The predicted molar refractivity (Wildman–Crippen MR) is 107 cm³/mol. The average Bonchev–Trinajstić information content (AvgIpc) is 2.99. The number of thioether (sulfide) groups is 1. The summed E-state index contributed by atoms with van der Waals surface area (Å²) in [5.74, 6) is 1.17. The molecule has 0 unspecified atom stereocenters. The number of rotatable bonds is 6. The van der Waals surface area contributed by atoms with E-state index >= 15 is 0 Å². The highest BCUT2D eigenvalue weighted by Crippen LogP contribution is 2.28. The molecular weight excluding hydrogens is 409 g/mol. The molecule has 3 aromatic rings. The maximum Gasteiger partial charge on any atom is 0.270 e. The first-order valence-corrected chi connectivity index (χ1v) is 9.46. The summed E-state index contributed by atoms with van der Waals surface area (Å²) in [6, 6.07) is 11.5. The van der Waals surface area contributed by atoms with E-state index in [4.69, 9.17) is 23.2 Å². The molecule has 0 N–H and O–H groups in total. The maximum atomic E-state index is 10.9. The quantitative estimate of drug-likeness (QED) is 0.242. The van der Waals surface area contributed by atoms with Crippen molar-refractivity contribution in [3.63, 3.8) is 0 Å². The summed E-state index contributed by atoms with van der Waals surface area (Å²) in [6.07, 6.45) is 1.53. The Labute approximate surface area is 169 Å². The Morgan fingerprint density at radius 1 is 1.26 bits per heavy atom. The van der Waals surface area contributed by atoms with Crippen LogP contribution in [0.1, 0.15) is 17.0 Å². The van der Waals surface area contributed by atoms with Crippen LogP contribution in [0.2, 0.25) is 10.0 Å². The van der Waals surface area contributed by atoms with Gasteiger partial charge in [0.15, 0.2) is 5.82 Å². The van der Waals surface area contributed by atoms with E-state index < -0.39 is 4.92 Å². The highest BCUT2D eigenvalue weighted by Gasteiger charge is 2.11. The van der Waals surface area contributed by atoms with Crippen LogP contribution < -0.4 is 0 Å². The van der Waals surface area contributed by atoms with Crippen molar-refractivity contribution in [3.05, 3.63) is 79.6 Å². The molecule has 0 spiro atoms. The number of non-ortho nitro benzene ring substituents is 1. The van der Waals surface area contributed by atoms with Crippen molar-refractivity contribution >= 4 is 46.9 Å². The van der Waals surface area contributed by atoms with Crippen LogP contribution in [0.25, 0.3) is 0 Å². The van der Waals surface area contributed by atoms with Crippen LogP contribution in [0.15, 0.2) is 52.7 Å². The van der Waals surface area contributed by atoms with Crippen molar-refractivity contribution in [1.29, 1.82) is 0 Å². The van der Waals surface area contributed by atoms with Crippen LogP contribution in [0, 0.1) is 17.0 Å². The molecule has 0 radical (unpaired) electrons. The van der Waals surface area contributed by atoms with Crippen LogP contribution in [0.5, 0.6) is 0 Å². The van der Waals surface area contributed by atoms with Crippen molar-refractivity contribution in [2.75, 3.05) is 0 Å². The van der Waals surface area contributed by atoms with E-state index in [1.807, 2.05) is 6.07 Å². The number of aromatic nitrogens is 3. The fourth-order valence-electron chi connectivity index (χ4n) is 2.19. The summed E-state index contributed by atoms with van der Waals surface area (Å²) in [7, 11) is 0. The summed E-state index contributed by atoms with van der Waals surface area (Å²) < 4.78 is 1.58. The van der Waals surface area contributed by atoms with Crippen LogP contribution >= 0.6 is 35.0 Å². The van der Waals surface area contributed by atoms with Gasteiger partial charge >= 0.3 is 0 Å². The van der Waals surface area contributed by atoms with Gasteiger partial charge in [0, 0.05) is 33.5 Å². The number of benzene rings is 2. The van der Waals surface area contributed by atoms with E-state index in [9.17, 15) is 10.1 Å². The van der Waals surface area contributed by atoms with Gasteiger partial charge in [-0.15, -0.1) is 10.2 Å². The lowest BCUT2D eigenvalue weighted by molar-refractivity contribution is -0.384. The molecule has 0 saturated heterocycles. The highest BCUT2D eigenvalue weighted by atomic mass is 35.5. The Morgan fingerprint density at radius 3 is 2.81 bits per heavy atom. The topological polar surface area (TPSA) is 86.2 Å². The van der Waals surface area contributed by atoms with E-state index in [2.05, 4.69) is 15.3 Å². The summed E-state index contributed by atoms with van der Waals surface area (Å²) in [4.78, 5) is 10.4. The molecule has 0 aliphatic heterocycles. The summed E-state index contributed by atoms with van der Waals surface area (Å²) in [6.45, 7) is 1.77. The van der Waals surface area contributed by atoms with Crippen LogP contribution in [-0.2, 0) is 5.75 Å². The number of halogens is 2. The first-order chi connectivity index (χ1) is 12.9. The first kappa shape index (κ1) is 19.3. The van der Waals surface area contributed by atoms with Gasteiger partial charge in [0.05, 0.1) is 11.1 Å². The lowest BCUT2D eigenvalue weighted by Gasteiger charge is -2.05. The molecule has 3 rings (SSSR count). The minimum atomic E-state index is -0.446. The molecule has 0 bridgehead atoms.